The van der Waals surface area contributed by atoms with Gasteiger partial charge in [-0.15, -0.1) is 0 Å². The van der Waals surface area contributed by atoms with Crippen LogP contribution in [0.25, 0.3) is 11.1 Å². The van der Waals surface area contributed by atoms with Gasteiger partial charge < -0.3 is 4.74 Å². The molecule has 0 fully saturated rings. The smallest absolute Gasteiger partial charge is 0.172 e. The highest BCUT2D eigenvalue weighted by Crippen LogP contribution is 2.31. The summed E-state index contributed by atoms with van der Waals surface area (Å²) in [5, 5.41) is 0.434. The highest BCUT2D eigenvalue weighted by Gasteiger charge is 2.13. The molecule has 2 rings (SSSR count). The first-order valence-corrected chi connectivity index (χ1v) is 5.62. The maximum atomic E-state index is 14.1. The van der Waals surface area contributed by atoms with Gasteiger partial charge in [0.2, 0.25) is 0 Å². The van der Waals surface area contributed by atoms with Gasteiger partial charge in [0.15, 0.2) is 17.9 Å². The maximum Gasteiger partial charge on any atom is 0.172 e. The number of rotatable bonds is 3. The van der Waals surface area contributed by atoms with Crippen molar-refractivity contribution in [3.05, 3.63) is 52.8 Å². The Kier molecular flexibility index (Phi) is 3.63. The summed E-state index contributed by atoms with van der Waals surface area (Å²) in [5.74, 6) is -0.357. The van der Waals surface area contributed by atoms with Crippen molar-refractivity contribution in [2.75, 3.05) is 7.11 Å². The van der Waals surface area contributed by atoms with E-state index in [1.165, 1.54) is 19.2 Å². The van der Waals surface area contributed by atoms with Gasteiger partial charge in [0.1, 0.15) is 0 Å². The summed E-state index contributed by atoms with van der Waals surface area (Å²) in [6.45, 7) is 0. The van der Waals surface area contributed by atoms with Gasteiger partial charge >= 0.3 is 0 Å². The summed E-state index contributed by atoms with van der Waals surface area (Å²) in [7, 11) is 1.39. The van der Waals surface area contributed by atoms with Crippen molar-refractivity contribution in [3.63, 3.8) is 0 Å². The summed E-state index contributed by atoms with van der Waals surface area (Å²) < 4.78 is 19.0. The van der Waals surface area contributed by atoms with Crippen molar-refractivity contribution in [2.45, 2.75) is 0 Å². The minimum absolute atomic E-state index is 0.138. The first-order chi connectivity index (χ1) is 8.67. The third-order valence-corrected chi connectivity index (χ3v) is 2.85. The predicted octanol–water partition coefficient (Wildman–Crippen LogP) is 3.97. The van der Waals surface area contributed by atoms with E-state index in [1.807, 2.05) is 0 Å². The number of carbonyl (C=O) groups excluding carboxylic acids is 1. The van der Waals surface area contributed by atoms with Crippen molar-refractivity contribution in [3.8, 4) is 16.9 Å². The summed E-state index contributed by atoms with van der Waals surface area (Å²) in [4.78, 5) is 11.0. The summed E-state index contributed by atoms with van der Waals surface area (Å²) >= 11 is 5.80. The molecule has 0 aromatic heterocycles. The zero-order valence-electron chi connectivity index (χ0n) is 9.61. The highest BCUT2D eigenvalue weighted by atomic mass is 35.5. The van der Waals surface area contributed by atoms with E-state index < -0.39 is 5.82 Å². The zero-order chi connectivity index (χ0) is 13.1. The van der Waals surface area contributed by atoms with Crippen molar-refractivity contribution >= 4 is 17.9 Å². The molecule has 0 saturated carbocycles. The van der Waals surface area contributed by atoms with Gasteiger partial charge in [0, 0.05) is 16.1 Å². The van der Waals surface area contributed by atoms with Crippen LogP contribution in [-0.2, 0) is 0 Å². The lowest BCUT2D eigenvalue weighted by Crippen LogP contribution is -1.94. The average Bonchev–Trinajstić information content (AvgIpc) is 2.39. The van der Waals surface area contributed by atoms with E-state index >= 15 is 0 Å². The molecule has 0 radical (unpaired) electrons. The monoisotopic (exact) mass is 264 g/mol. The predicted molar refractivity (Wildman–Crippen MR) is 68.8 cm³/mol. The molecule has 0 amide bonds. The lowest BCUT2D eigenvalue weighted by atomic mass is 9.99. The van der Waals surface area contributed by atoms with Crippen molar-refractivity contribution in [1.29, 1.82) is 0 Å². The van der Waals surface area contributed by atoms with Gasteiger partial charge in [-0.1, -0.05) is 29.8 Å². The number of halogens is 2. The molecular formula is C14H10ClFO2. The first kappa shape index (κ1) is 12.6. The highest BCUT2D eigenvalue weighted by molar-refractivity contribution is 6.31. The number of ether oxygens (including phenoxy) is 1. The fraction of sp³-hybridized carbons (Fsp3) is 0.0714. The van der Waals surface area contributed by atoms with Gasteiger partial charge in [-0.2, -0.15) is 0 Å². The standard InChI is InChI=1S/C14H10ClFO2/c1-18-13-4-2-3-12(14(13)16)11-6-5-10(15)7-9(11)8-17/h2-8H,1H3. The number of benzene rings is 2. The number of aldehydes is 1. The molecule has 0 atom stereocenters. The van der Waals surface area contributed by atoms with Crippen LogP contribution in [0.4, 0.5) is 4.39 Å². The quantitative estimate of drug-likeness (QED) is 0.784. The largest absolute Gasteiger partial charge is 0.494 e. The lowest BCUT2D eigenvalue weighted by Gasteiger charge is -2.09. The molecule has 0 N–H and O–H groups in total. The van der Waals surface area contributed by atoms with Gasteiger partial charge in [0.25, 0.3) is 0 Å². The van der Waals surface area contributed by atoms with Crippen LogP contribution in [0.1, 0.15) is 10.4 Å². The number of hydrogen-bond acceptors (Lipinski definition) is 2. The van der Waals surface area contributed by atoms with E-state index in [0.29, 0.717) is 28.0 Å². The molecule has 2 nitrogen and oxygen atoms in total. The molecule has 0 aliphatic carbocycles. The Morgan fingerprint density at radius 1 is 1.22 bits per heavy atom. The van der Waals surface area contributed by atoms with Gasteiger partial charge in [-0.25, -0.2) is 4.39 Å². The molecule has 18 heavy (non-hydrogen) atoms. The second-order valence-corrected chi connectivity index (χ2v) is 4.11. The van der Waals surface area contributed by atoms with E-state index in [2.05, 4.69) is 0 Å². The summed E-state index contributed by atoms with van der Waals surface area (Å²) in [6.07, 6.45) is 0.653. The molecule has 0 spiro atoms. The fourth-order valence-corrected chi connectivity index (χ4v) is 1.93. The molecule has 0 unspecified atom stereocenters. The van der Waals surface area contributed by atoms with E-state index in [-0.39, 0.29) is 5.75 Å². The summed E-state index contributed by atoms with van der Waals surface area (Å²) in [6, 6.07) is 9.51. The van der Waals surface area contributed by atoms with E-state index in [9.17, 15) is 9.18 Å². The molecule has 0 heterocycles. The van der Waals surface area contributed by atoms with E-state index in [4.69, 9.17) is 16.3 Å². The summed E-state index contributed by atoms with van der Waals surface area (Å²) in [5.41, 5.74) is 1.15. The number of hydrogen-bond donors (Lipinski definition) is 0. The Morgan fingerprint density at radius 3 is 2.67 bits per heavy atom. The van der Waals surface area contributed by atoms with Crippen molar-refractivity contribution in [2.24, 2.45) is 0 Å². The minimum atomic E-state index is -0.495. The number of carbonyl (C=O) groups is 1. The Labute approximate surface area is 109 Å². The minimum Gasteiger partial charge on any atom is -0.494 e. The van der Waals surface area contributed by atoms with E-state index in [0.717, 1.165) is 0 Å². The topological polar surface area (TPSA) is 26.3 Å². The van der Waals surface area contributed by atoms with Crippen LogP contribution in [0.2, 0.25) is 5.02 Å². The Hall–Kier alpha value is -1.87. The lowest BCUT2D eigenvalue weighted by molar-refractivity contribution is 0.112. The molecule has 0 aliphatic rings. The van der Waals surface area contributed by atoms with Crippen LogP contribution < -0.4 is 4.74 Å². The van der Waals surface area contributed by atoms with Gasteiger partial charge in [-0.3, -0.25) is 4.79 Å². The molecule has 92 valence electrons. The third kappa shape index (κ3) is 2.22. The molecule has 2 aromatic carbocycles. The normalized spacial score (nSPS) is 10.2. The second kappa shape index (κ2) is 5.19. The van der Waals surface area contributed by atoms with Crippen LogP contribution in [0, 0.1) is 5.82 Å². The van der Waals surface area contributed by atoms with E-state index in [1.54, 1.807) is 24.3 Å². The molecule has 0 aliphatic heterocycles. The average molecular weight is 265 g/mol. The van der Waals surface area contributed by atoms with Crippen LogP contribution in [-0.4, -0.2) is 13.4 Å². The Balaban J connectivity index is 2.65. The molecule has 0 bridgehead atoms. The fourth-order valence-electron chi connectivity index (χ4n) is 1.75. The molecular weight excluding hydrogens is 255 g/mol. The van der Waals surface area contributed by atoms with Crippen molar-refractivity contribution < 1.29 is 13.9 Å². The first-order valence-electron chi connectivity index (χ1n) is 5.25. The van der Waals surface area contributed by atoms with Crippen LogP contribution in [0.5, 0.6) is 5.75 Å². The number of methoxy groups -OCH3 is 1. The van der Waals surface area contributed by atoms with Gasteiger partial charge in [0.05, 0.1) is 7.11 Å². The zero-order valence-corrected chi connectivity index (χ0v) is 10.4. The molecule has 2 aromatic rings. The van der Waals surface area contributed by atoms with Crippen molar-refractivity contribution in [1.82, 2.24) is 0 Å². The third-order valence-electron chi connectivity index (χ3n) is 2.61. The van der Waals surface area contributed by atoms with Crippen LogP contribution >= 0.6 is 11.6 Å². The molecule has 0 saturated heterocycles. The Bertz CT molecular complexity index is 596. The van der Waals surface area contributed by atoms with Gasteiger partial charge in [-0.05, 0) is 23.8 Å². The SMILES string of the molecule is COc1cccc(-c2ccc(Cl)cc2C=O)c1F. The second-order valence-electron chi connectivity index (χ2n) is 3.67. The Morgan fingerprint density at radius 2 is 2.00 bits per heavy atom. The molecule has 4 heteroatoms. The van der Waals surface area contributed by atoms with Crippen LogP contribution in [0.15, 0.2) is 36.4 Å². The maximum absolute atomic E-state index is 14.1. The van der Waals surface area contributed by atoms with Crippen LogP contribution in [0.3, 0.4) is 0 Å².